The SMILES string of the molecule is O=C([O-])c1cccnc1.O=C([O-])c1cccnc1.[Cu+2]. The van der Waals surface area contributed by atoms with E-state index in [4.69, 9.17) is 0 Å². The summed E-state index contributed by atoms with van der Waals surface area (Å²) in [6.07, 6.45) is 5.50. The van der Waals surface area contributed by atoms with Gasteiger partial charge in [-0.15, -0.1) is 0 Å². The van der Waals surface area contributed by atoms with Gasteiger partial charge in [0.2, 0.25) is 0 Å². The van der Waals surface area contributed by atoms with Crippen LogP contribution in [0.15, 0.2) is 49.1 Å². The third kappa shape index (κ3) is 6.30. The third-order valence-electron chi connectivity index (χ3n) is 1.79. The van der Waals surface area contributed by atoms with Gasteiger partial charge >= 0.3 is 17.1 Å². The Hall–Kier alpha value is -2.24. The first-order valence-corrected chi connectivity index (χ1v) is 4.84. The van der Waals surface area contributed by atoms with E-state index in [2.05, 4.69) is 9.97 Å². The average molecular weight is 308 g/mol. The first-order valence-electron chi connectivity index (χ1n) is 4.84. The fourth-order valence-corrected chi connectivity index (χ4v) is 0.967. The van der Waals surface area contributed by atoms with Gasteiger partial charge in [0, 0.05) is 35.9 Å². The Labute approximate surface area is 119 Å². The zero-order chi connectivity index (χ0) is 13.4. The van der Waals surface area contributed by atoms with Crippen LogP contribution in [0.1, 0.15) is 20.7 Å². The zero-order valence-electron chi connectivity index (χ0n) is 9.45. The minimum atomic E-state index is -1.19. The van der Waals surface area contributed by atoms with Gasteiger partial charge < -0.3 is 19.8 Å². The van der Waals surface area contributed by atoms with Crippen molar-refractivity contribution in [2.45, 2.75) is 0 Å². The molecule has 101 valence electrons. The zero-order valence-corrected chi connectivity index (χ0v) is 10.4. The summed E-state index contributed by atoms with van der Waals surface area (Å²) in [4.78, 5) is 27.3. The normalized spacial score (nSPS) is 8.42. The van der Waals surface area contributed by atoms with E-state index in [1.165, 1.54) is 36.9 Å². The van der Waals surface area contributed by atoms with Gasteiger partial charge in [0.1, 0.15) is 0 Å². The molecule has 0 fully saturated rings. The second-order valence-electron chi connectivity index (χ2n) is 3.06. The van der Waals surface area contributed by atoms with E-state index in [0.717, 1.165) is 0 Å². The maximum atomic E-state index is 10.0. The van der Waals surface area contributed by atoms with Crippen LogP contribution >= 0.6 is 0 Å². The quantitative estimate of drug-likeness (QED) is 0.651. The molecule has 0 aromatic carbocycles. The number of carboxylic acids is 2. The fraction of sp³-hybridized carbons (Fsp3) is 0. The Bertz CT molecular complexity index is 470. The standard InChI is InChI=1S/2C6H5NO2.Cu/c2*8-6(9)5-2-1-3-7-4-5;/h2*1-4H,(H,8,9);/q;;+2/p-2. The number of rotatable bonds is 2. The Morgan fingerprint density at radius 2 is 1.21 bits per heavy atom. The van der Waals surface area contributed by atoms with E-state index in [1.54, 1.807) is 12.1 Å². The number of carboxylic acid groups (broad SMARTS) is 2. The molecule has 1 radical (unpaired) electrons. The monoisotopic (exact) mass is 307 g/mol. The second-order valence-corrected chi connectivity index (χ2v) is 3.06. The fourth-order valence-electron chi connectivity index (χ4n) is 0.967. The van der Waals surface area contributed by atoms with Gasteiger partial charge in [-0.1, -0.05) is 12.1 Å². The summed E-state index contributed by atoms with van der Waals surface area (Å²) >= 11 is 0. The molecule has 2 aromatic heterocycles. The number of carbonyl (C=O) groups excluding carboxylic acids is 2. The predicted octanol–water partition coefficient (Wildman–Crippen LogP) is -1.11. The first-order chi connectivity index (χ1) is 8.61. The molecule has 0 aliphatic rings. The molecular weight excluding hydrogens is 300 g/mol. The van der Waals surface area contributed by atoms with Crippen molar-refractivity contribution in [3.63, 3.8) is 0 Å². The van der Waals surface area contributed by atoms with Gasteiger partial charge in [-0.3, -0.25) is 9.97 Å². The van der Waals surface area contributed by atoms with Crippen LogP contribution in [0.2, 0.25) is 0 Å². The van der Waals surface area contributed by atoms with E-state index in [1.807, 2.05) is 0 Å². The molecule has 0 bridgehead atoms. The number of nitrogens with zero attached hydrogens (tertiary/aromatic N) is 2. The molecule has 0 saturated heterocycles. The Kier molecular flexibility index (Phi) is 7.76. The average Bonchev–Trinajstić information content (AvgIpc) is 2.41. The molecule has 0 atom stereocenters. The van der Waals surface area contributed by atoms with E-state index < -0.39 is 11.9 Å². The maximum absolute atomic E-state index is 10.0. The molecule has 2 heterocycles. The Morgan fingerprint density at radius 1 is 0.842 bits per heavy atom. The molecule has 19 heavy (non-hydrogen) atoms. The van der Waals surface area contributed by atoms with Crippen molar-refractivity contribution in [2.24, 2.45) is 0 Å². The van der Waals surface area contributed by atoms with Crippen LogP contribution < -0.4 is 10.2 Å². The van der Waals surface area contributed by atoms with Crippen LogP contribution in [0.4, 0.5) is 0 Å². The number of hydrogen-bond acceptors (Lipinski definition) is 6. The van der Waals surface area contributed by atoms with Gasteiger partial charge in [0.05, 0.1) is 11.9 Å². The van der Waals surface area contributed by atoms with Crippen molar-refractivity contribution >= 4 is 11.9 Å². The van der Waals surface area contributed by atoms with E-state index >= 15 is 0 Å². The van der Waals surface area contributed by atoms with Crippen molar-refractivity contribution in [1.82, 2.24) is 9.97 Å². The van der Waals surface area contributed by atoms with Crippen LogP contribution in [0.25, 0.3) is 0 Å². The molecule has 0 N–H and O–H groups in total. The van der Waals surface area contributed by atoms with Crippen LogP contribution in [-0.4, -0.2) is 21.9 Å². The summed E-state index contributed by atoms with van der Waals surface area (Å²) in [5, 5.41) is 20.1. The summed E-state index contributed by atoms with van der Waals surface area (Å²) in [6, 6.07) is 5.96. The Balaban J connectivity index is 0.000000324. The summed E-state index contributed by atoms with van der Waals surface area (Å²) in [7, 11) is 0. The molecule has 2 aromatic rings. The van der Waals surface area contributed by atoms with Gasteiger partial charge in [-0.2, -0.15) is 0 Å². The number of carbonyl (C=O) groups is 2. The van der Waals surface area contributed by atoms with Crippen molar-refractivity contribution in [2.75, 3.05) is 0 Å². The molecular formula is C12H8CuN2O4. The molecule has 0 unspecified atom stereocenters. The summed E-state index contributed by atoms with van der Waals surface area (Å²) in [5.41, 5.74) is 0.218. The van der Waals surface area contributed by atoms with Crippen LogP contribution in [0, 0.1) is 0 Å². The van der Waals surface area contributed by atoms with Gasteiger partial charge in [-0.05, 0) is 12.1 Å². The largest absolute Gasteiger partial charge is 2.00 e. The van der Waals surface area contributed by atoms with Gasteiger partial charge in [0.25, 0.3) is 0 Å². The minimum absolute atomic E-state index is 0. The van der Waals surface area contributed by atoms with Crippen LogP contribution in [0.3, 0.4) is 0 Å². The molecule has 0 aliphatic carbocycles. The van der Waals surface area contributed by atoms with E-state index in [0.29, 0.717) is 0 Å². The maximum Gasteiger partial charge on any atom is 2.00 e. The van der Waals surface area contributed by atoms with Crippen molar-refractivity contribution in [3.05, 3.63) is 60.2 Å². The summed E-state index contributed by atoms with van der Waals surface area (Å²) in [5.74, 6) is -2.38. The molecule has 6 nitrogen and oxygen atoms in total. The van der Waals surface area contributed by atoms with E-state index in [-0.39, 0.29) is 28.2 Å². The molecule has 0 saturated carbocycles. The van der Waals surface area contributed by atoms with Crippen molar-refractivity contribution < 1.29 is 36.9 Å². The molecule has 0 amide bonds. The molecule has 0 aliphatic heterocycles. The third-order valence-corrected chi connectivity index (χ3v) is 1.79. The topological polar surface area (TPSA) is 106 Å². The Morgan fingerprint density at radius 3 is 1.37 bits per heavy atom. The van der Waals surface area contributed by atoms with E-state index in [9.17, 15) is 19.8 Å². The molecule has 7 heteroatoms. The van der Waals surface area contributed by atoms with Crippen molar-refractivity contribution in [3.8, 4) is 0 Å². The number of hydrogen-bond donors (Lipinski definition) is 0. The number of aromatic nitrogens is 2. The predicted molar refractivity (Wildman–Crippen MR) is 57.1 cm³/mol. The number of aromatic carboxylic acids is 2. The van der Waals surface area contributed by atoms with Crippen molar-refractivity contribution in [1.29, 1.82) is 0 Å². The first kappa shape index (κ1) is 16.8. The molecule has 2 rings (SSSR count). The van der Waals surface area contributed by atoms with Gasteiger partial charge in [0.15, 0.2) is 0 Å². The summed E-state index contributed by atoms with van der Waals surface area (Å²) < 4.78 is 0. The van der Waals surface area contributed by atoms with Crippen LogP contribution in [-0.2, 0) is 17.1 Å². The summed E-state index contributed by atoms with van der Waals surface area (Å²) in [6.45, 7) is 0. The molecule has 0 spiro atoms. The minimum Gasteiger partial charge on any atom is -0.545 e. The number of pyridine rings is 2. The van der Waals surface area contributed by atoms with Gasteiger partial charge in [-0.25, -0.2) is 0 Å². The van der Waals surface area contributed by atoms with Crippen LogP contribution in [0.5, 0.6) is 0 Å². The smallest absolute Gasteiger partial charge is 0.545 e. The second kappa shape index (κ2) is 8.79.